The first-order chi connectivity index (χ1) is 7.40. The van der Waals surface area contributed by atoms with E-state index in [2.05, 4.69) is 0 Å². The fourth-order valence-corrected chi connectivity index (χ4v) is 1.53. The predicted molar refractivity (Wildman–Crippen MR) is 56.5 cm³/mol. The zero-order valence-electron chi connectivity index (χ0n) is 9.66. The Morgan fingerprint density at radius 1 is 1.31 bits per heavy atom. The fraction of sp³-hybridized carbons (Fsp3) is 0.364. The molecule has 5 nitrogen and oxygen atoms in total. The molecule has 0 fully saturated rings. The van der Waals surface area contributed by atoms with Crippen molar-refractivity contribution in [3.63, 3.8) is 0 Å². The number of methoxy groups -OCH3 is 1. The fourth-order valence-electron chi connectivity index (χ4n) is 1.53. The Morgan fingerprint density at radius 3 is 2.25 bits per heavy atom. The maximum absolute atomic E-state index is 11.8. The number of hydrogen-bond donors (Lipinski definition) is 0. The molecule has 0 aliphatic heterocycles. The molecule has 0 aromatic rings. The molecule has 0 bridgehead atoms. The van der Waals surface area contributed by atoms with E-state index in [0.717, 1.165) is 6.08 Å². The van der Waals surface area contributed by atoms with E-state index >= 15 is 0 Å². The van der Waals surface area contributed by atoms with Crippen LogP contribution >= 0.6 is 0 Å². The first kappa shape index (κ1) is 12.2. The number of allylic oxidation sites excluding steroid dienone is 2. The maximum Gasteiger partial charge on any atom is 0.233 e. The van der Waals surface area contributed by atoms with Crippen LogP contribution in [0.1, 0.15) is 6.92 Å². The second-order valence-electron chi connectivity index (χ2n) is 3.58. The van der Waals surface area contributed by atoms with Gasteiger partial charge in [0.15, 0.2) is 11.5 Å². The average molecular weight is 223 g/mol. The van der Waals surface area contributed by atoms with Gasteiger partial charge in [-0.2, -0.15) is 0 Å². The van der Waals surface area contributed by atoms with Crippen LogP contribution in [0.5, 0.6) is 0 Å². The number of ketones is 3. The Kier molecular flexibility index (Phi) is 3.27. The Balaban J connectivity index is 3.39. The summed E-state index contributed by atoms with van der Waals surface area (Å²) in [5.74, 6) is -1.48. The molecule has 0 aromatic carbocycles. The first-order valence-electron chi connectivity index (χ1n) is 4.67. The van der Waals surface area contributed by atoms with E-state index < -0.39 is 17.3 Å². The highest BCUT2D eigenvalue weighted by Crippen LogP contribution is 2.21. The van der Waals surface area contributed by atoms with E-state index in [1.54, 1.807) is 14.1 Å². The van der Waals surface area contributed by atoms with Crippen molar-refractivity contribution in [1.82, 2.24) is 4.90 Å². The second kappa shape index (κ2) is 4.30. The molecule has 0 radical (unpaired) electrons. The van der Waals surface area contributed by atoms with Crippen LogP contribution in [0.4, 0.5) is 0 Å². The van der Waals surface area contributed by atoms with E-state index in [4.69, 9.17) is 4.74 Å². The highest BCUT2D eigenvalue weighted by Gasteiger charge is 2.32. The highest BCUT2D eigenvalue weighted by molar-refractivity contribution is 6.33. The van der Waals surface area contributed by atoms with Gasteiger partial charge in [-0.15, -0.1) is 0 Å². The molecule has 16 heavy (non-hydrogen) atoms. The molecule has 1 aliphatic rings. The largest absolute Gasteiger partial charge is 0.492 e. The standard InChI is InChI=1S/C11H13NO4/c1-6(13)9-10(12(2)3)7(14)5-8(16-4)11(9)15/h5H,1-4H3. The zero-order chi connectivity index (χ0) is 12.5. The summed E-state index contributed by atoms with van der Waals surface area (Å²) in [6.45, 7) is 1.25. The van der Waals surface area contributed by atoms with Gasteiger partial charge < -0.3 is 9.64 Å². The lowest BCUT2D eigenvalue weighted by Crippen LogP contribution is -2.31. The molecule has 0 saturated heterocycles. The topological polar surface area (TPSA) is 63.7 Å². The number of Topliss-reactive ketones (excluding diaryl/α,β-unsaturated/α-hetero) is 2. The summed E-state index contributed by atoms with van der Waals surface area (Å²) >= 11 is 0. The quantitative estimate of drug-likeness (QED) is 0.500. The number of carbonyl (C=O) groups excluding carboxylic acids is 3. The molecule has 0 saturated carbocycles. The third-order valence-electron chi connectivity index (χ3n) is 2.20. The molecule has 0 N–H and O–H groups in total. The number of likely N-dealkylation sites (N-methyl/N-ethyl adjacent to an activating group) is 1. The molecule has 0 atom stereocenters. The maximum atomic E-state index is 11.8. The van der Waals surface area contributed by atoms with Crippen molar-refractivity contribution < 1.29 is 19.1 Å². The smallest absolute Gasteiger partial charge is 0.233 e. The van der Waals surface area contributed by atoms with Gasteiger partial charge in [-0.25, -0.2) is 0 Å². The third kappa shape index (κ3) is 1.88. The monoisotopic (exact) mass is 223 g/mol. The molecular weight excluding hydrogens is 210 g/mol. The minimum Gasteiger partial charge on any atom is -0.492 e. The van der Waals surface area contributed by atoms with Crippen molar-refractivity contribution in [1.29, 1.82) is 0 Å². The van der Waals surface area contributed by atoms with Crippen LogP contribution in [-0.2, 0) is 19.1 Å². The Morgan fingerprint density at radius 2 is 1.88 bits per heavy atom. The minimum absolute atomic E-state index is 0.0965. The molecule has 1 rings (SSSR count). The molecule has 86 valence electrons. The van der Waals surface area contributed by atoms with Crippen molar-refractivity contribution in [3.8, 4) is 0 Å². The molecule has 0 aromatic heterocycles. The van der Waals surface area contributed by atoms with Crippen LogP contribution in [-0.4, -0.2) is 43.5 Å². The van der Waals surface area contributed by atoms with Crippen molar-refractivity contribution in [2.45, 2.75) is 6.92 Å². The Labute approximate surface area is 93.4 Å². The molecule has 0 heterocycles. The summed E-state index contributed by atoms with van der Waals surface area (Å²) in [5.41, 5.74) is -0.00681. The lowest BCUT2D eigenvalue weighted by Gasteiger charge is -2.21. The summed E-state index contributed by atoms with van der Waals surface area (Å²) in [5, 5.41) is 0. The lowest BCUT2D eigenvalue weighted by atomic mass is 9.95. The number of rotatable bonds is 3. The van der Waals surface area contributed by atoms with Crippen molar-refractivity contribution >= 4 is 17.3 Å². The van der Waals surface area contributed by atoms with Crippen LogP contribution in [0.15, 0.2) is 23.1 Å². The van der Waals surface area contributed by atoms with Crippen molar-refractivity contribution in [2.24, 2.45) is 0 Å². The summed E-state index contributed by atoms with van der Waals surface area (Å²) < 4.78 is 4.77. The number of carbonyl (C=O) groups is 3. The third-order valence-corrected chi connectivity index (χ3v) is 2.20. The van der Waals surface area contributed by atoms with Crippen molar-refractivity contribution in [2.75, 3.05) is 21.2 Å². The van der Waals surface area contributed by atoms with Gasteiger partial charge in [-0.05, 0) is 6.92 Å². The first-order valence-corrected chi connectivity index (χ1v) is 4.67. The summed E-state index contributed by atoms with van der Waals surface area (Å²) in [4.78, 5) is 36.4. The minimum atomic E-state index is -0.543. The molecule has 0 spiro atoms. The molecular formula is C11H13NO4. The van der Waals surface area contributed by atoms with Gasteiger partial charge in [-0.1, -0.05) is 0 Å². The zero-order valence-corrected chi connectivity index (χ0v) is 9.66. The van der Waals surface area contributed by atoms with Gasteiger partial charge in [0.1, 0.15) is 0 Å². The number of hydrogen-bond acceptors (Lipinski definition) is 5. The molecule has 1 aliphatic carbocycles. The Hall–Kier alpha value is -1.91. The highest BCUT2D eigenvalue weighted by atomic mass is 16.5. The van der Waals surface area contributed by atoms with Crippen LogP contribution < -0.4 is 0 Å². The molecule has 5 heteroatoms. The van der Waals surface area contributed by atoms with Gasteiger partial charge in [0.25, 0.3) is 0 Å². The Bertz CT molecular complexity index is 429. The predicted octanol–water partition coefficient (Wildman–Crippen LogP) is 0.0732. The number of nitrogens with zero attached hydrogens (tertiary/aromatic N) is 1. The van der Waals surface area contributed by atoms with Crippen LogP contribution in [0.3, 0.4) is 0 Å². The normalized spacial score (nSPS) is 16.1. The summed E-state index contributed by atoms with van der Waals surface area (Å²) in [7, 11) is 4.50. The van der Waals surface area contributed by atoms with Crippen LogP contribution in [0.2, 0.25) is 0 Å². The summed E-state index contributed by atoms with van der Waals surface area (Å²) in [6.07, 6.45) is 1.10. The summed E-state index contributed by atoms with van der Waals surface area (Å²) in [6, 6.07) is 0. The van der Waals surface area contributed by atoms with E-state index in [1.165, 1.54) is 18.9 Å². The van der Waals surface area contributed by atoms with Gasteiger partial charge >= 0.3 is 0 Å². The van der Waals surface area contributed by atoms with E-state index in [0.29, 0.717) is 0 Å². The van der Waals surface area contributed by atoms with Crippen molar-refractivity contribution in [3.05, 3.63) is 23.1 Å². The van der Waals surface area contributed by atoms with Crippen LogP contribution in [0, 0.1) is 0 Å². The number of ether oxygens (including phenoxy) is 1. The van der Waals surface area contributed by atoms with E-state index in [-0.39, 0.29) is 17.0 Å². The molecule has 0 unspecified atom stereocenters. The SMILES string of the molecule is COC1=CC(=O)C(N(C)C)=C(C(C)=O)C1=O. The van der Waals surface area contributed by atoms with E-state index in [9.17, 15) is 14.4 Å². The van der Waals surface area contributed by atoms with Crippen LogP contribution in [0.25, 0.3) is 0 Å². The van der Waals surface area contributed by atoms with E-state index in [1.807, 2.05) is 0 Å². The average Bonchev–Trinajstić information content (AvgIpc) is 2.19. The van der Waals surface area contributed by atoms with Gasteiger partial charge in [0.2, 0.25) is 11.6 Å². The van der Waals surface area contributed by atoms with Gasteiger partial charge in [-0.3, -0.25) is 14.4 Å². The van der Waals surface area contributed by atoms with Gasteiger partial charge in [0.05, 0.1) is 18.4 Å². The van der Waals surface area contributed by atoms with Gasteiger partial charge in [0, 0.05) is 20.2 Å². The lowest BCUT2D eigenvalue weighted by molar-refractivity contribution is -0.123. The molecule has 0 amide bonds. The second-order valence-corrected chi connectivity index (χ2v) is 3.58.